The molecular formula is C10H22N2O. The first-order valence-electron chi connectivity index (χ1n) is 5.33. The Kier molecular flexibility index (Phi) is 4.70. The van der Waals surface area contributed by atoms with E-state index in [0.29, 0.717) is 0 Å². The van der Waals surface area contributed by atoms with Crippen molar-refractivity contribution in [1.82, 2.24) is 10.2 Å². The average molecular weight is 186 g/mol. The highest BCUT2D eigenvalue weighted by atomic mass is 16.3. The van der Waals surface area contributed by atoms with E-state index in [4.69, 9.17) is 0 Å². The summed E-state index contributed by atoms with van der Waals surface area (Å²) in [4.78, 5) is 2.26. The third-order valence-electron chi connectivity index (χ3n) is 2.48. The Balaban J connectivity index is 1.98. The van der Waals surface area contributed by atoms with Crippen LogP contribution in [0.1, 0.15) is 26.2 Å². The minimum atomic E-state index is -0.211. The van der Waals surface area contributed by atoms with Gasteiger partial charge in [-0.1, -0.05) is 6.92 Å². The van der Waals surface area contributed by atoms with Crippen LogP contribution in [0, 0.1) is 0 Å². The van der Waals surface area contributed by atoms with Gasteiger partial charge >= 0.3 is 0 Å². The molecule has 1 saturated carbocycles. The van der Waals surface area contributed by atoms with Crippen molar-refractivity contribution in [3.8, 4) is 0 Å². The maximum atomic E-state index is 9.62. The molecule has 1 unspecified atom stereocenters. The van der Waals surface area contributed by atoms with Crippen LogP contribution >= 0.6 is 0 Å². The van der Waals surface area contributed by atoms with Gasteiger partial charge in [-0.2, -0.15) is 0 Å². The van der Waals surface area contributed by atoms with Crippen LogP contribution in [0.5, 0.6) is 0 Å². The lowest BCUT2D eigenvalue weighted by Crippen LogP contribution is -2.37. The van der Waals surface area contributed by atoms with Gasteiger partial charge in [0.15, 0.2) is 0 Å². The predicted octanol–water partition coefficient (Wildman–Crippen LogP) is 0.441. The van der Waals surface area contributed by atoms with Gasteiger partial charge in [0.2, 0.25) is 0 Å². The third-order valence-corrected chi connectivity index (χ3v) is 2.48. The van der Waals surface area contributed by atoms with E-state index in [0.717, 1.165) is 32.1 Å². The lowest BCUT2D eigenvalue weighted by Gasteiger charge is -2.20. The molecule has 2 N–H and O–H groups in total. The molecule has 0 spiro atoms. The average Bonchev–Trinajstić information content (AvgIpc) is 2.86. The van der Waals surface area contributed by atoms with Gasteiger partial charge in [-0.15, -0.1) is 0 Å². The summed E-state index contributed by atoms with van der Waals surface area (Å²) in [7, 11) is 2.10. The largest absolute Gasteiger partial charge is 0.390 e. The van der Waals surface area contributed by atoms with Crippen molar-refractivity contribution >= 4 is 0 Å². The van der Waals surface area contributed by atoms with Crippen molar-refractivity contribution in [2.75, 3.05) is 26.7 Å². The number of hydrogen-bond donors (Lipinski definition) is 2. The molecule has 1 aliphatic carbocycles. The molecule has 0 aromatic heterocycles. The van der Waals surface area contributed by atoms with E-state index in [1.165, 1.54) is 12.8 Å². The van der Waals surface area contributed by atoms with Crippen LogP contribution in [0.2, 0.25) is 0 Å². The molecule has 0 heterocycles. The van der Waals surface area contributed by atoms with Crippen LogP contribution < -0.4 is 5.32 Å². The van der Waals surface area contributed by atoms with E-state index in [1.54, 1.807) is 0 Å². The number of nitrogens with zero attached hydrogens (tertiary/aromatic N) is 1. The molecule has 3 nitrogen and oxygen atoms in total. The van der Waals surface area contributed by atoms with Gasteiger partial charge in [0, 0.05) is 19.1 Å². The Morgan fingerprint density at radius 2 is 2.23 bits per heavy atom. The zero-order valence-corrected chi connectivity index (χ0v) is 8.79. The van der Waals surface area contributed by atoms with Gasteiger partial charge in [0.1, 0.15) is 0 Å². The summed E-state index contributed by atoms with van der Waals surface area (Å²) in [6.07, 6.45) is 3.54. The first kappa shape index (κ1) is 11.0. The highest BCUT2D eigenvalue weighted by Gasteiger charge is 2.26. The Bertz CT molecular complexity index is 137. The van der Waals surface area contributed by atoms with E-state index >= 15 is 0 Å². The van der Waals surface area contributed by atoms with Crippen molar-refractivity contribution in [1.29, 1.82) is 0 Å². The van der Waals surface area contributed by atoms with E-state index < -0.39 is 0 Å². The monoisotopic (exact) mass is 186 g/mol. The van der Waals surface area contributed by atoms with Crippen LogP contribution in [-0.4, -0.2) is 48.8 Å². The summed E-state index contributed by atoms with van der Waals surface area (Å²) in [6, 6.07) is 0.751. The quantitative estimate of drug-likeness (QED) is 0.566. The molecule has 0 aliphatic heterocycles. The molecule has 0 amide bonds. The minimum Gasteiger partial charge on any atom is -0.390 e. The van der Waals surface area contributed by atoms with Gasteiger partial charge in [-0.3, -0.25) is 0 Å². The zero-order valence-electron chi connectivity index (χ0n) is 8.79. The van der Waals surface area contributed by atoms with Crippen LogP contribution in [0.15, 0.2) is 0 Å². The number of likely N-dealkylation sites (N-methyl/N-ethyl adjacent to an activating group) is 1. The smallest absolute Gasteiger partial charge is 0.0791 e. The van der Waals surface area contributed by atoms with E-state index in [2.05, 4.69) is 24.2 Å². The summed E-state index contributed by atoms with van der Waals surface area (Å²) in [5.74, 6) is 0. The first-order chi connectivity index (χ1) is 6.24. The second-order valence-electron chi connectivity index (χ2n) is 4.03. The molecule has 78 valence electrons. The van der Waals surface area contributed by atoms with Crippen LogP contribution in [0.3, 0.4) is 0 Å². The third kappa shape index (κ3) is 4.60. The van der Waals surface area contributed by atoms with Crippen molar-refractivity contribution in [2.24, 2.45) is 0 Å². The van der Waals surface area contributed by atoms with Crippen molar-refractivity contribution in [3.05, 3.63) is 0 Å². The maximum Gasteiger partial charge on any atom is 0.0791 e. The van der Waals surface area contributed by atoms with Gasteiger partial charge in [0.25, 0.3) is 0 Å². The Hall–Kier alpha value is -0.120. The molecule has 3 heteroatoms. The summed E-state index contributed by atoms with van der Waals surface area (Å²) in [5.41, 5.74) is 0. The fraction of sp³-hybridized carbons (Fsp3) is 1.00. The van der Waals surface area contributed by atoms with E-state index in [-0.39, 0.29) is 6.10 Å². The maximum absolute atomic E-state index is 9.62. The summed E-state index contributed by atoms with van der Waals surface area (Å²) >= 11 is 0. The van der Waals surface area contributed by atoms with E-state index in [9.17, 15) is 5.11 Å². The normalized spacial score (nSPS) is 19.4. The molecule has 1 rings (SSSR count). The van der Waals surface area contributed by atoms with Gasteiger partial charge in [-0.25, -0.2) is 0 Å². The standard InChI is InChI=1S/C10H22N2O/c1-3-6-11-7-10(13)8-12(2)9-4-5-9/h9-11,13H,3-8H2,1-2H3. The fourth-order valence-electron chi connectivity index (χ4n) is 1.51. The molecule has 13 heavy (non-hydrogen) atoms. The summed E-state index contributed by atoms with van der Waals surface area (Å²) in [6.45, 7) is 4.67. The second kappa shape index (κ2) is 5.58. The number of aliphatic hydroxyl groups excluding tert-OH is 1. The Morgan fingerprint density at radius 3 is 2.77 bits per heavy atom. The first-order valence-corrected chi connectivity index (χ1v) is 5.33. The number of rotatable bonds is 7. The molecule has 0 aromatic rings. The Morgan fingerprint density at radius 1 is 1.54 bits per heavy atom. The molecule has 0 saturated heterocycles. The van der Waals surface area contributed by atoms with Crippen molar-refractivity contribution < 1.29 is 5.11 Å². The molecule has 0 radical (unpaired) electrons. The lowest BCUT2D eigenvalue weighted by atomic mass is 10.3. The van der Waals surface area contributed by atoms with E-state index in [1.807, 2.05) is 0 Å². The highest BCUT2D eigenvalue weighted by Crippen LogP contribution is 2.25. The molecule has 1 atom stereocenters. The van der Waals surface area contributed by atoms with Crippen molar-refractivity contribution in [3.63, 3.8) is 0 Å². The topological polar surface area (TPSA) is 35.5 Å². The molecule has 1 fully saturated rings. The molecule has 0 aromatic carbocycles. The minimum absolute atomic E-state index is 0.211. The Labute approximate surface area is 81.1 Å². The number of nitrogens with one attached hydrogen (secondary N) is 1. The number of aliphatic hydroxyl groups is 1. The number of hydrogen-bond acceptors (Lipinski definition) is 3. The summed E-state index contributed by atoms with van der Waals surface area (Å²) < 4.78 is 0. The fourth-order valence-corrected chi connectivity index (χ4v) is 1.51. The molecule has 0 bridgehead atoms. The van der Waals surface area contributed by atoms with Crippen LogP contribution in [-0.2, 0) is 0 Å². The van der Waals surface area contributed by atoms with Gasteiger partial charge in [-0.05, 0) is 32.9 Å². The van der Waals surface area contributed by atoms with Gasteiger partial charge in [0.05, 0.1) is 6.10 Å². The lowest BCUT2D eigenvalue weighted by molar-refractivity contribution is 0.121. The zero-order chi connectivity index (χ0) is 9.68. The SMILES string of the molecule is CCCNCC(O)CN(C)C1CC1. The molecule has 1 aliphatic rings. The summed E-state index contributed by atoms with van der Waals surface area (Å²) in [5, 5.41) is 12.8. The van der Waals surface area contributed by atoms with Gasteiger partial charge < -0.3 is 15.3 Å². The van der Waals surface area contributed by atoms with Crippen LogP contribution in [0.4, 0.5) is 0 Å². The second-order valence-corrected chi connectivity index (χ2v) is 4.03. The molecular weight excluding hydrogens is 164 g/mol. The predicted molar refractivity (Wildman–Crippen MR) is 54.8 cm³/mol. The highest BCUT2D eigenvalue weighted by molar-refractivity contribution is 4.83. The van der Waals surface area contributed by atoms with Crippen LogP contribution in [0.25, 0.3) is 0 Å². The van der Waals surface area contributed by atoms with Crippen molar-refractivity contribution in [2.45, 2.75) is 38.3 Å².